The summed E-state index contributed by atoms with van der Waals surface area (Å²) < 4.78 is 40.1. The van der Waals surface area contributed by atoms with Gasteiger partial charge in [0.25, 0.3) is 5.91 Å². The van der Waals surface area contributed by atoms with Gasteiger partial charge in [-0.15, -0.1) is 0 Å². The lowest BCUT2D eigenvalue weighted by Crippen LogP contribution is -2.45. The van der Waals surface area contributed by atoms with E-state index in [1.807, 2.05) is 0 Å². The Hall–Kier alpha value is -3.27. The van der Waals surface area contributed by atoms with Crippen LogP contribution in [-0.2, 0) is 17.5 Å². The Labute approximate surface area is 237 Å². The average Bonchev–Trinajstić information content (AvgIpc) is 2.87. The van der Waals surface area contributed by atoms with Crippen molar-refractivity contribution >= 4 is 35.2 Å². The molecule has 1 saturated carbocycles. The van der Waals surface area contributed by atoms with Crippen LogP contribution in [0.15, 0.2) is 42.5 Å². The van der Waals surface area contributed by atoms with E-state index in [1.165, 1.54) is 6.07 Å². The van der Waals surface area contributed by atoms with Crippen LogP contribution in [0.3, 0.4) is 0 Å². The normalized spacial score (nSPS) is 17.7. The Morgan fingerprint density at radius 1 is 1.00 bits per heavy atom. The van der Waals surface area contributed by atoms with E-state index in [4.69, 9.17) is 16.7 Å². The van der Waals surface area contributed by atoms with Gasteiger partial charge in [0.15, 0.2) is 0 Å². The molecule has 2 aromatic carbocycles. The van der Waals surface area contributed by atoms with Gasteiger partial charge in [-0.25, -0.2) is 4.79 Å². The number of amides is 3. The minimum absolute atomic E-state index is 0.00184. The number of anilines is 1. The monoisotopic (exact) mass is 581 g/mol. The highest BCUT2D eigenvalue weighted by atomic mass is 35.5. The lowest BCUT2D eigenvalue weighted by Gasteiger charge is -2.41. The third kappa shape index (κ3) is 8.61. The van der Waals surface area contributed by atoms with Crippen LogP contribution in [0, 0.1) is 11.3 Å². The van der Waals surface area contributed by atoms with Crippen molar-refractivity contribution in [2.24, 2.45) is 11.3 Å². The molecule has 0 bridgehead atoms. The van der Waals surface area contributed by atoms with Crippen molar-refractivity contribution in [3.05, 3.63) is 64.2 Å². The maximum atomic E-state index is 13.5. The highest BCUT2D eigenvalue weighted by Gasteiger charge is 2.35. The number of urea groups is 1. The van der Waals surface area contributed by atoms with E-state index >= 15 is 0 Å². The quantitative estimate of drug-likeness (QED) is 0.307. The van der Waals surface area contributed by atoms with Crippen molar-refractivity contribution in [2.75, 3.05) is 11.9 Å². The molecule has 0 aliphatic heterocycles. The van der Waals surface area contributed by atoms with E-state index in [1.54, 1.807) is 29.2 Å². The van der Waals surface area contributed by atoms with Gasteiger partial charge in [-0.05, 0) is 72.9 Å². The SMILES string of the molecule is CC(C)(C)C1CCC(N(Cc2ccc(C(=O)NCCC(=O)O)cc2)C(=O)Nc2ccc(Cl)c(C(F)(F)F)c2)CC1. The Morgan fingerprint density at radius 2 is 1.62 bits per heavy atom. The number of nitrogens with zero attached hydrogens (tertiary/aromatic N) is 1. The predicted molar refractivity (Wildman–Crippen MR) is 147 cm³/mol. The topological polar surface area (TPSA) is 98.7 Å². The number of carbonyl (C=O) groups is 3. The second-order valence-corrected chi connectivity index (χ2v) is 11.6. The first kappa shape index (κ1) is 31.3. The van der Waals surface area contributed by atoms with Crippen LogP contribution in [0.1, 0.15) is 74.4 Å². The number of benzene rings is 2. The molecule has 0 aromatic heterocycles. The Kier molecular flexibility index (Phi) is 10.1. The first-order valence-corrected chi connectivity index (χ1v) is 13.6. The molecule has 0 atom stereocenters. The number of rotatable bonds is 8. The van der Waals surface area contributed by atoms with Gasteiger partial charge in [0.2, 0.25) is 0 Å². The molecule has 2 aromatic rings. The van der Waals surface area contributed by atoms with Crippen molar-refractivity contribution in [1.29, 1.82) is 0 Å². The molecule has 3 rings (SSSR count). The van der Waals surface area contributed by atoms with E-state index in [0.29, 0.717) is 11.5 Å². The summed E-state index contributed by atoms with van der Waals surface area (Å²) in [6.07, 6.45) is -1.49. The summed E-state index contributed by atoms with van der Waals surface area (Å²) in [5.41, 5.74) is 0.180. The lowest BCUT2D eigenvalue weighted by molar-refractivity contribution is -0.138. The first-order chi connectivity index (χ1) is 18.6. The molecule has 0 heterocycles. The minimum Gasteiger partial charge on any atom is -0.481 e. The molecule has 11 heteroatoms. The molecule has 7 nitrogen and oxygen atoms in total. The largest absolute Gasteiger partial charge is 0.481 e. The summed E-state index contributed by atoms with van der Waals surface area (Å²) in [4.78, 5) is 38.1. The average molecular weight is 582 g/mol. The third-order valence-electron chi connectivity index (χ3n) is 7.34. The Bertz CT molecular complexity index is 1200. The van der Waals surface area contributed by atoms with Gasteiger partial charge in [-0.3, -0.25) is 9.59 Å². The summed E-state index contributed by atoms with van der Waals surface area (Å²) in [5, 5.41) is 13.4. The van der Waals surface area contributed by atoms with Gasteiger partial charge in [-0.2, -0.15) is 13.2 Å². The highest BCUT2D eigenvalue weighted by Crippen LogP contribution is 2.40. The van der Waals surface area contributed by atoms with Gasteiger partial charge in [0.05, 0.1) is 17.0 Å². The van der Waals surface area contributed by atoms with Crippen LogP contribution in [0.4, 0.5) is 23.7 Å². The maximum absolute atomic E-state index is 13.5. The first-order valence-electron chi connectivity index (χ1n) is 13.2. The van der Waals surface area contributed by atoms with Crippen LogP contribution in [0.25, 0.3) is 0 Å². The van der Waals surface area contributed by atoms with Gasteiger partial charge in [-0.1, -0.05) is 44.5 Å². The molecular weight excluding hydrogens is 547 g/mol. The molecule has 0 unspecified atom stereocenters. The number of halogens is 4. The Balaban J connectivity index is 1.78. The predicted octanol–water partition coefficient (Wildman–Crippen LogP) is 7.20. The minimum atomic E-state index is -4.66. The fourth-order valence-corrected chi connectivity index (χ4v) is 5.20. The number of nitrogens with one attached hydrogen (secondary N) is 2. The molecular formula is C29H35ClF3N3O4. The van der Waals surface area contributed by atoms with Crippen LogP contribution in [0.5, 0.6) is 0 Å². The number of carboxylic acids is 1. The summed E-state index contributed by atoms with van der Waals surface area (Å²) in [6.45, 7) is 6.78. The Morgan fingerprint density at radius 3 is 2.17 bits per heavy atom. The van der Waals surface area contributed by atoms with Crippen LogP contribution >= 0.6 is 11.6 Å². The van der Waals surface area contributed by atoms with Crippen LogP contribution < -0.4 is 10.6 Å². The maximum Gasteiger partial charge on any atom is 0.417 e. The standard InChI is InChI=1S/C29H35ClF3N3O4/c1-28(2,3)20-8-11-22(12-9-20)36(27(40)35-21-10-13-24(30)23(16-21)29(31,32)33)17-18-4-6-19(7-5-18)26(39)34-15-14-25(37)38/h4-7,10,13,16,20,22H,8-9,11-12,14-15,17H2,1-3H3,(H,34,39)(H,35,40)(H,37,38). The van der Waals surface area contributed by atoms with E-state index in [9.17, 15) is 27.6 Å². The number of aliphatic carboxylic acids is 1. The number of carbonyl (C=O) groups excluding carboxylic acids is 2. The van der Waals surface area contributed by atoms with E-state index in [2.05, 4.69) is 31.4 Å². The van der Waals surface area contributed by atoms with Crippen molar-refractivity contribution in [3.8, 4) is 0 Å². The number of hydrogen-bond acceptors (Lipinski definition) is 3. The zero-order chi connectivity index (χ0) is 29.7. The van der Waals surface area contributed by atoms with E-state index < -0.39 is 34.7 Å². The van der Waals surface area contributed by atoms with Crippen LogP contribution in [0.2, 0.25) is 5.02 Å². The molecule has 1 aliphatic rings. The fourth-order valence-electron chi connectivity index (χ4n) is 4.98. The van der Waals surface area contributed by atoms with Gasteiger partial charge < -0.3 is 20.6 Å². The highest BCUT2D eigenvalue weighted by molar-refractivity contribution is 6.31. The van der Waals surface area contributed by atoms with Gasteiger partial charge >= 0.3 is 18.2 Å². The second-order valence-electron chi connectivity index (χ2n) is 11.2. The summed E-state index contributed by atoms with van der Waals surface area (Å²) in [6, 6.07) is 9.22. The van der Waals surface area contributed by atoms with E-state index in [0.717, 1.165) is 43.4 Å². The molecule has 40 heavy (non-hydrogen) atoms. The molecule has 0 radical (unpaired) electrons. The van der Waals surface area contributed by atoms with Crippen molar-refractivity contribution < 1.29 is 32.7 Å². The summed E-state index contributed by atoms with van der Waals surface area (Å²) >= 11 is 5.74. The number of carboxylic acid groups (broad SMARTS) is 1. The summed E-state index contributed by atoms with van der Waals surface area (Å²) in [5.74, 6) is -0.928. The number of alkyl halides is 3. The summed E-state index contributed by atoms with van der Waals surface area (Å²) in [7, 11) is 0. The molecule has 218 valence electrons. The molecule has 1 aliphatic carbocycles. The second kappa shape index (κ2) is 12.9. The molecule has 3 amide bonds. The van der Waals surface area contributed by atoms with E-state index in [-0.39, 0.29) is 36.7 Å². The molecule has 3 N–H and O–H groups in total. The molecule has 0 spiro atoms. The van der Waals surface area contributed by atoms with Crippen molar-refractivity contribution in [1.82, 2.24) is 10.2 Å². The lowest BCUT2D eigenvalue weighted by atomic mass is 9.71. The third-order valence-corrected chi connectivity index (χ3v) is 7.67. The fraction of sp³-hybridized carbons (Fsp3) is 0.483. The van der Waals surface area contributed by atoms with Gasteiger partial charge in [0.1, 0.15) is 0 Å². The zero-order valence-electron chi connectivity index (χ0n) is 22.8. The van der Waals surface area contributed by atoms with Gasteiger partial charge in [0, 0.05) is 30.4 Å². The number of hydrogen-bond donors (Lipinski definition) is 3. The van der Waals surface area contributed by atoms with Crippen LogP contribution in [-0.4, -0.2) is 40.5 Å². The zero-order valence-corrected chi connectivity index (χ0v) is 23.5. The smallest absolute Gasteiger partial charge is 0.417 e. The van der Waals surface area contributed by atoms with Crippen molar-refractivity contribution in [2.45, 2.75) is 71.6 Å². The molecule has 0 saturated heterocycles. The van der Waals surface area contributed by atoms with Crippen molar-refractivity contribution in [3.63, 3.8) is 0 Å². The molecule has 1 fully saturated rings.